The fraction of sp³-hybridized carbons (Fsp3) is 0.231. The molecule has 0 fully saturated rings. The van der Waals surface area contributed by atoms with E-state index < -0.39 is 0 Å². The van der Waals surface area contributed by atoms with Crippen molar-refractivity contribution in [2.75, 3.05) is 12.4 Å². The van der Waals surface area contributed by atoms with Crippen LogP contribution in [0.5, 0.6) is 5.75 Å². The lowest BCUT2D eigenvalue weighted by Crippen LogP contribution is -2.15. The van der Waals surface area contributed by atoms with Crippen LogP contribution in [0, 0.1) is 6.92 Å². The van der Waals surface area contributed by atoms with Crippen molar-refractivity contribution in [1.29, 1.82) is 0 Å². The molecule has 108 valence electrons. The summed E-state index contributed by atoms with van der Waals surface area (Å²) in [5, 5.41) is 13.2. The standard InChI is InChI=1S/C13H12N4O3S/c1-7-14-8(6-21-7)5-11(18)15-9-3-4-10(19-2)13-12(9)16-20-17-13/h3-4,6H,5H2,1-2H3,(H,15,18). The summed E-state index contributed by atoms with van der Waals surface area (Å²) >= 11 is 1.52. The lowest BCUT2D eigenvalue weighted by molar-refractivity contribution is -0.115. The summed E-state index contributed by atoms with van der Waals surface area (Å²) in [4.78, 5) is 16.3. The largest absolute Gasteiger partial charge is 0.494 e. The second-order valence-electron chi connectivity index (χ2n) is 4.36. The van der Waals surface area contributed by atoms with Gasteiger partial charge < -0.3 is 10.1 Å². The van der Waals surface area contributed by atoms with Crippen LogP contribution in [0.25, 0.3) is 11.0 Å². The van der Waals surface area contributed by atoms with Crippen LogP contribution in [-0.4, -0.2) is 28.3 Å². The van der Waals surface area contributed by atoms with Gasteiger partial charge in [-0.25, -0.2) is 9.61 Å². The van der Waals surface area contributed by atoms with E-state index in [1.807, 2.05) is 12.3 Å². The first-order valence-corrected chi connectivity index (χ1v) is 7.05. The van der Waals surface area contributed by atoms with Crippen molar-refractivity contribution in [2.45, 2.75) is 13.3 Å². The molecular weight excluding hydrogens is 292 g/mol. The first kappa shape index (κ1) is 13.5. The van der Waals surface area contributed by atoms with Crippen molar-refractivity contribution in [3.63, 3.8) is 0 Å². The van der Waals surface area contributed by atoms with Gasteiger partial charge in [0.1, 0.15) is 0 Å². The van der Waals surface area contributed by atoms with Gasteiger partial charge in [-0.15, -0.1) is 11.3 Å². The lowest BCUT2D eigenvalue weighted by Gasteiger charge is -2.06. The van der Waals surface area contributed by atoms with Gasteiger partial charge in [0.15, 0.2) is 16.8 Å². The van der Waals surface area contributed by atoms with E-state index in [9.17, 15) is 4.79 Å². The highest BCUT2D eigenvalue weighted by Crippen LogP contribution is 2.28. The zero-order valence-electron chi connectivity index (χ0n) is 11.4. The van der Waals surface area contributed by atoms with Crippen LogP contribution in [0.4, 0.5) is 5.69 Å². The molecule has 2 aromatic heterocycles. The van der Waals surface area contributed by atoms with Crippen LogP contribution < -0.4 is 10.1 Å². The summed E-state index contributed by atoms with van der Waals surface area (Å²) in [5.41, 5.74) is 2.21. The van der Waals surface area contributed by atoms with Gasteiger partial charge in [0.25, 0.3) is 0 Å². The van der Waals surface area contributed by atoms with Gasteiger partial charge >= 0.3 is 0 Å². The molecule has 7 nitrogen and oxygen atoms in total. The molecule has 0 bridgehead atoms. The van der Waals surface area contributed by atoms with Gasteiger partial charge in [-0.1, -0.05) is 0 Å². The zero-order chi connectivity index (χ0) is 14.8. The number of carbonyl (C=O) groups is 1. The van der Waals surface area contributed by atoms with Crippen molar-refractivity contribution in [2.24, 2.45) is 0 Å². The number of aryl methyl sites for hydroxylation is 1. The van der Waals surface area contributed by atoms with Crippen LogP contribution in [0.3, 0.4) is 0 Å². The van der Waals surface area contributed by atoms with Crippen LogP contribution >= 0.6 is 11.3 Å². The molecular formula is C13H12N4O3S. The SMILES string of the molecule is COc1ccc(NC(=O)Cc2csc(C)n2)c2nonc12. The highest BCUT2D eigenvalue weighted by atomic mass is 32.1. The fourth-order valence-electron chi connectivity index (χ4n) is 1.96. The van der Waals surface area contributed by atoms with E-state index in [2.05, 4.69) is 20.6 Å². The van der Waals surface area contributed by atoms with Gasteiger partial charge in [0, 0.05) is 5.38 Å². The maximum Gasteiger partial charge on any atom is 0.230 e. The number of ether oxygens (including phenoxy) is 1. The molecule has 2 heterocycles. The third-order valence-electron chi connectivity index (χ3n) is 2.88. The maximum atomic E-state index is 12.1. The number of hydrogen-bond acceptors (Lipinski definition) is 7. The Labute approximate surface area is 123 Å². The number of hydrogen-bond donors (Lipinski definition) is 1. The fourth-order valence-corrected chi connectivity index (χ4v) is 2.57. The Morgan fingerprint density at radius 1 is 1.38 bits per heavy atom. The number of methoxy groups -OCH3 is 1. The molecule has 1 N–H and O–H groups in total. The first-order valence-electron chi connectivity index (χ1n) is 6.17. The third kappa shape index (κ3) is 2.70. The summed E-state index contributed by atoms with van der Waals surface area (Å²) in [6, 6.07) is 3.41. The first-order chi connectivity index (χ1) is 10.2. The predicted molar refractivity (Wildman–Crippen MR) is 77.5 cm³/mol. The Morgan fingerprint density at radius 2 is 2.19 bits per heavy atom. The number of aromatic nitrogens is 3. The van der Waals surface area contributed by atoms with E-state index in [-0.39, 0.29) is 12.3 Å². The Kier molecular flexibility index (Phi) is 3.53. The molecule has 8 heteroatoms. The van der Waals surface area contributed by atoms with Gasteiger partial charge in [-0.05, 0) is 29.4 Å². The van der Waals surface area contributed by atoms with Crippen molar-refractivity contribution in [3.05, 3.63) is 28.2 Å². The van der Waals surface area contributed by atoms with Crippen molar-refractivity contribution >= 4 is 34.0 Å². The van der Waals surface area contributed by atoms with Crippen LogP contribution in [0.15, 0.2) is 22.1 Å². The Morgan fingerprint density at radius 3 is 2.90 bits per heavy atom. The number of fused-ring (bicyclic) bond motifs is 1. The third-order valence-corrected chi connectivity index (χ3v) is 3.70. The quantitative estimate of drug-likeness (QED) is 0.794. The molecule has 21 heavy (non-hydrogen) atoms. The Hall–Kier alpha value is -2.48. The highest BCUT2D eigenvalue weighted by Gasteiger charge is 2.15. The normalized spacial score (nSPS) is 10.8. The molecule has 3 rings (SSSR count). The Bertz CT molecular complexity index is 796. The minimum absolute atomic E-state index is 0.172. The summed E-state index contributed by atoms with van der Waals surface area (Å²) in [6.07, 6.45) is 0.211. The molecule has 0 aliphatic heterocycles. The number of nitrogens with one attached hydrogen (secondary N) is 1. The monoisotopic (exact) mass is 304 g/mol. The maximum absolute atomic E-state index is 12.1. The summed E-state index contributed by atoms with van der Waals surface area (Å²) in [7, 11) is 1.53. The minimum Gasteiger partial charge on any atom is -0.494 e. The molecule has 0 aliphatic carbocycles. The van der Waals surface area contributed by atoms with Gasteiger partial charge in [0.05, 0.1) is 29.9 Å². The van der Waals surface area contributed by atoms with Gasteiger partial charge in [0.2, 0.25) is 5.91 Å². The molecule has 0 unspecified atom stereocenters. The number of benzene rings is 1. The summed E-state index contributed by atoms with van der Waals surface area (Å²) in [5.74, 6) is 0.370. The number of rotatable bonds is 4. The average Bonchev–Trinajstić information content (AvgIpc) is 3.08. The zero-order valence-corrected chi connectivity index (χ0v) is 12.2. The van der Waals surface area contributed by atoms with Crippen molar-refractivity contribution in [1.82, 2.24) is 15.3 Å². The molecule has 0 radical (unpaired) electrons. The molecule has 3 aromatic rings. The van der Waals surface area contributed by atoms with E-state index in [1.54, 1.807) is 12.1 Å². The molecule has 0 spiro atoms. The van der Waals surface area contributed by atoms with Gasteiger partial charge in [-0.3, -0.25) is 4.79 Å². The minimum atomic E-state index is -0.172. The molecule has 1 amide bonds. The Balaban J connectivity index is 1.81. The van der Waals surface area contributed by atoms with Crippen LogP contribution in [0.1, 0.15) is 10.7 Å². The molecule has 0 saturated heterocycles. The van der Waals surface area contributed by atoms with E-state index >= 15 is 0 Å². The van der Waals surface area contributed by atoms with Crippen molar-refractivity contribution in [3.8, 4) is 5.75 Å². The number of carbonyl (C=O) groups excluding carboxylic acids is 1. The van der Waals surface area contributed by atoms with E-state index in [0.29, 0.717) is 22.5 Å². The molecule has 0 atom stereocenters. The molecule has 0 saturated carbocycles. The second kappa shape index (κ2) is 5.49. The second-order valence-corrected chi connectivity index (χ2v) is 5.42. The topological polar surface area (TPSA) is 90.1 Å². The van der Waals surface area contributed by atoms with E-state index in [4.69, 9.17) is 9.37 Å². The number of amides is 1. The van der Waals surface area contributed by atoms with E-state index in [0.717, 1.165) is 10.7 Å². The highest BCUT2D eigenvalue weighted by molar-refractivity contribution is 7.09. The predicted octanol–water partition coefficient (Wildman–Crippen LogP) is 2.18. The molecule has 0 aliphatic rings. The number of thiazole rings is 1. The molecule has 1 aromatic carbocycles. The summed E-state index contributed by atoms with van der Waals surface area (Å²) in [6.45, 7) is 1.90. The number of nitrogens with zero attached hydrogens (tertiary/aromatic N) is 3. The van der Waals surface area contributed by atoms with Crippen LogP contribution in [0.2, 0.25) is 0 Å². The van der Waals surface area contributed by atoms with E-state index in [1.165, 1.54) is 18.4 Å². The van der Waals surface area contributed by atoms with Crippen LogP contribution in [-0.2, 0) is 11.2 Å². The average molecular weight is 304 g/mol. The lowest BCUT2D eigenvalue weighted by atomic mass is 10.2. The van der Waals surface area contributed by atoms with Gasteiger partial charge in [-0.2, -0.15) is 0 Å². The van der Waals surface area contributed by atoms with Crippen molar-refractivity contribution < 1.29 is 14.2 Å². The summed E-state index contributed by atoms with van der Waals surface area (Å²) < 4.78 is 9.87. The number of anilines is 1. The smallest absolute Gasteiger partial charge is 0.230 e.